The monoisotopic (exact) mass is 505 g/mol. The fraction of sp³-hybridized carbons (Fsp3) is 0.815. The molecule has 2 heterocycles. The first kappa shape index (κ1) is 26.4. The number of allylic oxidation sites excluding steroid dienone is 2. The number of likely N-dealkylation sites (tertiary alicyclic amines) is 1. The van der Waals surface area contributed by atoms with E-state index >= 15 is 0 Å². The third kappa shape index (κ3) is 5.09. The second kappa shape index (κ2) is 9.64. The summed E-state index contributed by atoms with van der Waals surface area (Å²) in [5.74, 6) is 0.237. The summed E-state index contributed by atoms with van der Waals surface area (Å²) in [5, 5.41) is 3.24. The number of amides is 3. The van der Waals surface area contributed by atoms with Crippen molar-refractivity contribution in [3.05, 3.63) is 10.6 Å². The van der Waals surface area contributed by atoms with Crippen LogP contribution in [0.3, 0.4) is 0 Å². The molecular formula is C27H43N3O4S. The zero-order valence-electron chi connectivity index (χ0n) is 22.5. The van der Waals surface area contributed by atoms with E-state index in [1.807, 2.05) is 25.7 Å². The minimum absolute atomic E-state index is 0.0226. The van der Waals surface area contributed by atoms with Gasteiger partial charge in [-0.25, -0.2) is 4.79 Å². The van der Waals surface area contributed by atoms with E-state index in [1.165, 1.54) is 4.91 Å². The van der Waals surface area contributed by atoms with Crippen molar-refractivity contribution >= 4 is 29.7 Å². The van der Waals surface area contributed by atoms with Gasteiger partial charge in [0.25, 0.3) is 0 Å². The largest absolute Gasteiger partial charge is 0.444 e. The summed E-state index contributed by atoms with van der Waals surface area (Å²) in [5.41, 5.74) is 0.424. The molecule has 0 aromatic rings. The number of piperidine rings is 1. The molecule has 1 spiro atoms. The fourth-order valence-corrected chi connectivity index (χ4v) is 8.04. The van der Waals surface area contributed by atoms with Crippen LogP contribution in [0.4, 0.5) is 4.79 Å². The molecule has 0 bridgehead atoms. The standard InChI is InChI=1S/C27H43N3O4S/c1-16(2)30(19-10-8-13-29(15-19)25(33)34-26(5,6)7)23(31)21-17(3)14-20-22(18(21)4)28-24(32)27(35-20)11-9-12-27/h16-19,21H,8-15H2,1-7H3,(H,28,32)/t17?,18?,19-,21?/m1/s1. The van der Waals surface area contributed by atoms with E-state index in [0.29, 0.717) is 13.1 Å². The first-order valence-electron chi connectivity index (χ1n) is 13.4. The van der Waals surface area contributed by atoms with Gasteiger partial charge in [0.1, 0.15) is 5.60 Å². The van der Waals surface area contributed by atoms with Crippen LogP contribution in [0.25, 0.3) is 0 Å². The maximum absolute atomic E-state index is 14.2. The highest BCUT2D eigenvalue weighted by Gasteiger charge is 2.52. The predicted molar refractivity (Wildman–Crippen MR) is 139 cm³/mol. The maximum Gasteiger partial charge on any atom is 0.410 e. The molecule has 196 valence electrons. The zero-order valence-corrected chi connectivity index (χ0v) is 23.3. The van der Waals surface area contributed by atoms with E-state index < -0.39 is 5.60 Å². The molecule has 35 heavy (non-hydrogen) atoms. The van der Waals surface area contributed by atoms with Gasteiger partial charge < -0.3 is 19.9 Å². The first-order chi connectivity index (χ1) is 16.3. The van der Waals surface area contributed by atoms with Crippen LogP contribution < -0.4 is 5.32 Å². The molecule has 8 heteroatoms. The van der Waals surface area contributed by atoms with Crippen molar-refractivity contribution in [3.63, 3.8) is 0 Å². The zero-order chi connectivity index (χ0) is 25.7. The van der Waals surface area contributed by atoms with Crippen molar-refractivity contribution in [1.29, 1.82) is 0 Å². The van der Waals surface area contributed by atoms with Crippen molar-refractivity contribution in [2.45, 2.75) is 109 Å². The second-order valence-corrected chi connectivity index (χ2v) is 13.8. The van der Waals surface area contributed by atoms with Crippen LogP contribution >= 0.6 is 11.8 Å². The second-order valence-electron chi connectivity index (χ2n) is 12.3. The van der Waals surface area contributed by atoms with E-state index in [1.54, 1.807) is 16.7 Å². The number of ether oxygens (including phenoxy) is 1. The molecule has 2 aliphatic heterocycles. The minimum Gasteiger partial charge on any atom is -0.444 e. The number of hydrogen-bond donors (Lipinski definition) is 1. The summed E-state index contributed by atoms with van der Waals surface area (Å²) in [6, 6.07) is -0.0125. The van der Waals surface area contributed by atoms with E-state index in [0.717, 1.165) is 44.2 Å². The molecule has 7 nitrogen and oxygen atoms in total. The molecule has 3 unspecified atom stereocenters. The van der Waals surface area contributed by atoms with Crippen LogP contribution in [0.15, 0.2) is 10.6 Å². The van der Waals surface area contributed by atoms with Crippen LogP contribution in [0, 0.1) is 17.8 Å². The molecule has 1 saturated carbocycles. The van der Waals surface area contributed by atoms with Crippen molar-refractivity contribution in [2.24, 2.45) is 17.8 Å². The lowest BCUT2D eigenvalue weighted by Crippen LogP contribution is -2.58. The number of rotatable bonds is 3. The summed E-state index contributed by atoms with van der Waals surface area (Å²) in [7, 11) is 0. The summed E-state index contributed by atoms with van der Waals surface area (Å²) in [6.45, 7) is 15.2. The lowest BCUT2D eigenvalue weighted by molar-refractivity contribution is -0.145. The summed E-state index contributed by atoms with van der Waals surface area (Å²) < 4.78 is 5.34. The molecule has 4 rings (SSSR count). The van der Waals surface area contributed by atoms with Crippen molar-refractivity contribution in [3.8, 4) is 0 Å². The van der Waals surface area contributed by atoms with Crippen LogP contribution in [0.2, 0.25) is 0 Å². The van der Waals surface area contributed by atoms with Gasteiger partial charge in [0.05, 0.1) is 4.75 Å². The Kier molecular flexibility index (Phi) is 7.26. The lowest BCUT2D eigenvalue weighted by Gasteiger charge is -2.49. The molecular weight excluding hydrogens is 462 g/mol. The Hall–Kier alpha value is -1.70. The van der Waals surface area contributed by atoms with E-state index in [2.05, 4.69) is 33.0 Å². The molecule has 1 N–H and O–H groups in total. The quantitative estimate of drug-likeness (QED) is 0.589. The van der Waals surface area contributed by atoms with Gasteiger partial charge in [0, 0.05) is 47.6 Å². The Balaban J connectivity index is 1.52. The third-order valence-corrected chi connectivity index (χ3v) is 9.71. The molecule has 3 amide bonds. The predicted octanol–water partition coefficient (Wildman–Crippen LogP) is 4.91. The Morgan fingerprint density at radius 1 is 1.20 bits per heavy atom. The molecule has 2 fully saturated rings. The Morgan fingerprint density at radius 2 is 1.89 bits per heavy atom. The highest BCUT2D eigenvalue weighted by Crippen LogP contribution is 2.55. The fourth-order valence-electron chi connectivity index (χ4n) is 6.24. The molecule has 4 aliphatic rings. The number of nitrogens with one attached hydrogen (secondary N) is 1. The average molecular weight is 506 g/mol. The molecule has 4 atom stereocenters. The van der Waals surface area contributed by atoms with Crippen molar-refractivity contribution in [2.75, 3.05) is 13.1 Å². The maximum atomic E-state index is 14.2. The first-order valence-corrected chi connectivity index (χ1v) is 14.2. The van der Waals surface area contributed by atoms with Crippen LogP contribution in [-0.2, 0) is 14.3 Å². The van der Waals surface area contributed by atoms with Gasteiger partial charge in [0.2, 0.25) is 11.8 Å². The Morgan fingerprint density at radius 3 is 2.46 bits per heavy atom. The topological polar surface area (TPSA) is 79.0 Å². The smallest absolute Gasteiger partial charge is 0.410 e. The summed E-state index contributed by atoms with van der Waals surface area (Å²) in [4.78, 5) is 44.9. The highest BCUT2D eigenvalue weighted by atomic mass is 32.2. The number of carbonyl (C=O) groups excluding carboxylic acids is 3. The van der Waals surface area contributed by atoms with Crippen molar-refractivity contribution in [1.82, 2.24) is 15.1 Å². The summed E-state index contributed by atoms with van der Waals surface area (Å²) >= 11 is 1.77. The van der Waals surface area contributed by atoms with Crippen molar-refractivity contribution < 1.29 is 19.1 Å². The average Bonchev–Trinajstić information content (AvgIpc) is 2.71. The van der Waals surface area contributed by atoms with Gasteiger partial charge in [0.15, 0.2) is 0 Å². The Bertz CT molecular complexity index is 905. The molecule has 2 aliphatic carbocycles. The van der Waals surface area contributed by atoms with Crippen LogP contribution in [0.5, 0.6) is 0 Å². The van der Waals surface area contributed by atoms with Gasteiger partial charge in [-0.15, -0.1) is 11.8 Å². The van der Waals surface area contributed by atoms with Crippen LogP contribution in [-0.4, -0.2) is 63.2 Å². The van der Waals surface area contributed by atoms with Gasteiger partial charge >= 0.3 is 6.09 Å². The number of carbonyl (C=O) groups is 3. The lowest BCUT2D eigenvalue weighted by atomic mass is 9.73. The Labute approximate surface area is 214 Å². The SMILES string of the molecule is CC1CC2=C(NC(=O)C3(CCC3)S2)C(C)C1C(=O)N(C(C)C)[C@@H]1CCCN(C(=O)OC(C)(C)C)C1. The normalized spacial score (nSPS) is 30.5. The number of nitrogens with zero attached hydrogens (tertiary/aromatic N) is 2. The molecule has 0 aromatic carbocycles. The number of hydrogen-bond acceptors (Lipinski definition) is 5. The van der Waals surface area contributed by atoms with Crippen LogP contribution in [0.1, 0.15) is 87.0 Å². The van der Waals surface area contributed by atoms with Gasteiger partial charge in [-0.05, 0) is 79.1 Å². The third-order valence-electron chi connectivity index (χ3n) is 8.09. The molecule has 1 saturated heterocycles. The van der Waals surface area contributed by atoms with E-state index in [-0.39, 0.29) is 52.5 Å². The molecule has 0 aromatic heterocycles. The molecule has 0 radical (unpaired) electrons. The van der Waals surface area contributed by atoms with E-state index in [4.69, 9.17) is 4.74 Å². The summed E-state index contributed by atoms with van der Waals surface area (Å²) in [6.07, 6.45) is 5.26. The number of thioether (sulfide) groups is 1. The van der Waals surface area contributed by atoms with E-state index in [9.17, 15) is 14.4 Å². The highest BCUT2D eigenvalue weighted by molar-refractivity contribution is 8.05. The van der Waals surface area contributed by atoms with Gasteiger partial charge in [-0.1, -0.05) is 13.8 Å². The minimum atomic E-state index is -0.545. The van der Waals surface area contributed by atoms with Gasteiger partial charge in [-0.3, -0.25) is 9.59 Å². The van der Waals surface area contributed by atoms with Gasteiger partial charge in [-0.2, -0.15) is 0 Å².